The molecule has 1 fully saturated rings. The van der Waals surface area contributed by atoms with E-state index >= 15 is 0 Å². The van der Waals surface area contributed by atoms with Crippen molar-refractivity contribution < 1.29 is 19.4 Å². The van der Waals surface area contributed by atoms with Crippen molar-refractivity contribution in [2.45, 2.75) is 83.2 Å². The summed E-state index contributed by atoms with van der Waals surface area (Å²) in [7, 11) is 1.43. The molecule has 0 radical (unpaired) electrons. The first-order valence-electron chi connectivity index (χ1n) is 9.16. The van der Waals surface area contributed by atoms with Gasteiger partial charge in [-0.25, -0.2) is 0 Å². The van der Waals surface area contributed by atoms with Gasteiger partial charge in [0.25, 0.3) is 0 Å². The second kappa shape index (κ2) is 12.3. The molecule has 1 N–H and O–H groups in total. The summed E-state index contributed by atoms with van der Waals surface area (Å²) in [5, 5.41) is 9.58. The summed E-state index contributed by atoms with van der Waals surface area (Å²) in [4.78, 5) is 24.8. The number of nitrogens with zero attached hydrogens (tertiary/aromatic N) is 1. The Morgan fingerprint density at radius 3 is 2.13 bits per heavy atom. The van der Waals surface area contributed by atoms with Crippen LogP contribution in [-0.4, -0.2) is 48.2 Å². The standard InChI is InChI=1S/C18H33NO4/c1-23-18(22)13-9-7-5-3-2-4-6-8-12-17(21)19-14-10-11-16(20)15-19/h16,20H,2-15H2,1H3/t16-/m1/s1. The van der Waals surface area contributed by atoms with Crippen molar-refractivity contribution in [3.8, 4) is 0 Å². The van der Waals surface area contributed by atoms with Crippen LogP contribution in [0.1, 0.15) is 77.0 Å². The number of hydrogen-bond donors (Lipinski definition) is 1. The molecule has 0 spiro atoms. The number of methoxy groups -OCH3 is 1. The molecule has 5 heteroatoms. The lowest BCUT2D eigenvalue weighted by Gasteiger charge is -2.30. The van der Waals surface area contributed by atoms with Gasteiger partial charge in [-0.2, -0.15) is 0 Å². The Morgan fingerprint density at radius 2 is 1.57 bits per heavy atom. The van der Waals surface area contributed by atoms with Gasteiger partial charge in [-0.1, -0.05) is 38.5 Å². The summed E-state index contributed by atoms with van der Waals surface area (Å²) in [5.74, 6) is 0.0856. The van der Waals surface area contributed by atoms with Crippen LogP contribution < -0.4 is 0 Å². The second-order valence-electron chi connectivity index (χ2n) is 6.54. The van der Waals surface area contributed by atoms with Crippen molar-refractivity contribution in [1.29, 1.82) is 0 Å². The molecule has 0 unspecified atom stereocenters. The van der Waals surface area contributed by atoms with E-state index in [1.807, 2.05) is 4.90 Å². The highest BCUT2D eigenvalue weighted by molar-refractivity contribution is 5.76. The van der Waals surface area contributed by atoms with Gasteiger partial charge < -0.3 is 14.7 Å². The van der Waals surface area contributed by atoms with Crippen LogP contribution in [0.2, 0.25) is 0 Å². The molecule has 1 amide bonds. The fraction of sp³-hybridized carbons (Fsp3) is 0.889. The van der Waals surface area contributed by atoms with Crippen LogP contribution in [0.15, 0.2) is 0 Å². The molecule has 23 heavy (non-hydrogen) atoms. The first-order valence-corrected chi connectivity index (χ1v) is 9.16. The molecule has 0 bridgehead atoms. The number of rotatable bonds is 11. The van der Waals surface area contributed by atoms with E-state index in [9.17, 15) is 14.7 Å². The number of ether oxygens (including phenoxy) is 1. The number of hydrogen-bond acceptors (Lipinski definition) is 4. The van der Waals surface area contributed by atoms with E-state index in [0.717, 1.165) is 45.1 Å². The van der Waals surface area contributed by atoms with E-state index in [1.165, 1.54) is 32.8 Å². The van der Waals surface area contributed by atoms with Crippen molar-refractivity contribution in [2.75, 3.05) is 20.2 Å². The third-order valence-corrected chi connectivity index (χ3v) is 4.50. The van der Waals surface area contributed by atoms with Crippen molar-refractivity contribution in [2.24, 2.45) is 0 Å². The largest absolute Gasteiger partial charge is 0.469 e. The quantitative estimate of drug-likeness (QED) is 0.468. The lowest BCUT2D eigenvalue weighted by molar-refractivity contribution is -0.140. The first kappa shape index (κ1) is 19.9. The highest BCUT2D eigenvalue weighted by Crippen LogP contribution is 2.14. The monoisotopic (exact) mass is 327 g/mol. The molecule has 1 aliphatic rings. The number of carbonyl (C=O) groups excluding carboxylic acids is 2. The second-order valence-corrected chi connectivity index (χ2v) is 6.54. The van der Waals surface area contributed by atoms with Gasteiger partial charge in [-0.05, 0) is 25.7 Å². The molecule has 0 aromatic rings. The Bertz CT molecular complexity index is 346. The lowest BCUT2D eigenvalue weighted by Crippen LogP contribution is -2.42. The number of piperidine rings is 1. The Hall–Kier alpha value is -1.10. The Labute approximate surface area is 140 Å². The highest BCUT2D eigenvalue weighted by Gasteiger charge is 2.21. The molecule has 1 aliphatic heterocycles. The van der Waals surface area contributed by atoms with E-state index in [1.54, 1.807) is 0 Å². The molecule has 0 aromatic carbocycles. The fourth-order valence-corrected chi connectivity index (χ4v) is 3.05. The molecule has 0 aromatic heterocycles. The van der Waals surface area contributed by atoms with Gasteiger partial charge in [-0.3, -0.25) is 9.59 Å². The highest BCUT2D eigenvalue weighted by atomic mass is 16.5. The van der Waals surface area contributed by atoms with E-state index in [0.29, 0.717) is 19.4 Å². The number of aliphatic hydroxyl groups excluding tert-OH is 1. The third kappa shape index (κ3) is 9.59. The minimum absolute atomic E-state index is 0.115. The summed E-state index contributed by atoms with van der Waals surface area (Å²) >= 11 is 0. The molecule has 1 saturated heterocycles. The maximum Gasteiger partial charge on any atom is 0.305 e. The van der Waals surface area contributed by atoms with Gasteiger partial charge in [0.05, 0.1) is 13.2 Å². The summed E-state index contributed by atoms with van der Waals surface area (Å²) in [6.07, 6.45) is 11.4. The van der Waals surface area contributed by atoms with Gasteiger partial charge in [0.1, 0.15) is 0 Å². The van der Waals surface area contributed by atoms with Crippen LogP contribution in [0, 0.1) is 0 Å². The zero-order valence-electron chi connectivity index (χ0n) is 14.6. The van der Waals surface area contributed by atoms with Gasteiger partial charge >= 0.3 is 5.97 Å². The third-order valence-electron chi connectivity index (χ3n) is 4.50. The molecule has 1 rings (SSSR count). The van der Waals surface area contributed by atoms with E-state index in [4.69, 9.17) is 0 Å². The Kier molecular flexibility index (Phi) is 10.7. The summed E-state index contributed by atoms with van der Waals surface area (Å²) < 4.78 is 4.61. The van der Waals surface area contributed by atoms with Crippen molar-refractivity contribution in [1.82, 2.24) is 4.90 Å². The lowest BCUT2D eigenvalue weighted by atomic mass is 10.0. The molecule has 1 atom stereocenters. The zero-order chi connectivity index (χ0) is 16.9. The van der Waals surface area contributed by atoms with Crippen LogP contribution in [0.3, 0.4) is 0 Å². The molecule has 0 aliphatic carbocycles. The maximum atomic E-state index is 12.0. The Balaban J connectivity index is 1.87. The van der Waals surface area contributed by atoms with Crippen molar-refractivity contribution in [3.63, 3.8) is 0 Å². The number of unbranched alkanes of at least 4 members (excludes halogenated alkanes) is 7. The van der Waals surface area contributed by atoms with Gasteiger partial charge in [0.15, 0.2) is 0 Å². The molecule has 134 valence electrons. The van der Waals surface area contributed by atoms with Gasteiger partial charge in [0, 0.05) is 25.9 Å². The summed E-state index contributed by atoms with van der Waals surface area (Å²) in [5.41, 5.74) is 0. The number of aliphatic hydroxyl groups is 1. The topological polar surface area (TPSA) is 66.8 Å². The normalized spacial score (nSPS) is 18.0. The number of likely N-dealkylation sites (tertiary alicyclic amines) is 1. The van der Waals surface area contributed by atoms with Crippen LogP contribution in [-0.2, 0) is 14.3 Å². The van der Waals surface area contributed by atoms with E-state index < -0.39 is 0 Å². The number of amides is 1. The number of esters is 1. The maximum absolute atomic E-state index is 12.0. The number of carbonyl (C=O) groups is 2. The summed E-state index contributed by atoms with van der Waals surface area (Å²) in [6.45, 7) is 1.33. The molecular weight excluding hydrogens is 294 g/mol. The van der Waals surface area contributed by atoms with Crippen LogP contribution in [0.25, 0.3) is 0 Å². The smallest absolute Gasteiger partial charge is 0.305 e. The van der Waals surface area contributed by atoms with E-state index in [2.05, 4.69) is 4.74 Å². The molecule has 5 nitrogen and oxygen atoms in total. The zero-order valence-corrected chi connectivity index (χ0v) is 14.6. The average molecular weight is 327 g/mol. The number of β-amino-alcohol motifs (C(OH)–C–C–N with tert-alkyl or cyclic N) is 1. The van der Waals surface area contributed by atoms with Gasteiger partial charge in [0.2, 0.25) is 5.91 Å². The molecular formula is C18H33NO4. The van der Waals surface area contributed by atoms with Crippen LogP contribution in [0.4, 0.5) is 0 Å². The Morgan fingerprint density at radius 1 is 1.00 bits per heavy atom. The molecule has 0 saturated carbocycles. The van der Waals surface area contributed by atoms with E-state index in [-0.39, 0.29) is 18.0 Å². The summed E-state index contributed by atoms with van der Waals surface area (Å²) in [6, 6.07) is 0. The van der Waals surface area contributed by atoms with Crippen LogP contribution in [0.5, 0.6) is 0 Å². The van der Waals surface area contributed by atoms with Crippen molar-refractivity contribution in [3.05, 3.63) is 0 Å². The van der Waals surface area contributed by atoms with Crippen molar-refractivity contribution >= 4 is 11.9 Å². The minimum Gasteiger partial charge on any atom is -0.469 e. The van der Waals surface area contributed by atoms with Gasteiger partial charge in [-0.15, -0.1) is 0 Å². The average Bonchev–Trinajstić information content (AvgIpc) is 2.56. The van der Waals surface area contributed by atoms with Crippen LogP contribution >= 0.6 is 0 Å². The first-order chi connectivity index (χ1) is 11.1. The fourth-order valence-electron chi connectivity index (χ4n) is 3.05. The molecule has 1 heterocycles. The predicted octanol–water partition coefficient (Wildman–Crippen LogP) is 3.04. The SMILES string of the molecule is COC(=O)CCCCCCCCCCC(=O)N1CCC[C@@H](O)C1. The minimum atomic E-state index is -0.327. The predicted molar refractivity (Wildman–Crippen MR) is 90.0 cm³/mol.